The predicted molar refractivity (Wildman–Crippen MR) is 44.8 cm³/mol. The first-order chi connectivity index (χ1) is 5.77. The second kappa shape index (κ2) is 2.90. The van der Waals surface area contributed by atoms with E-state index in [1.807, 2.05) is 0 Å². The monoisotopic (exact) mass is 167 g/mol. The van der Waals surface area contributed by atoms with Gasteiger partial charge in [0.05, 0.1) is 0 Å². The first kappa shape index (κ1) is 7.80. The van der Waals surface area contributed by atoms with Gasteiger partial charge < -0.3 is 5.11 Å². The molecule has 1 aliphatic carbocycles. The fraction of sp³-hybridized carbons (Fsp3) is 0.667. The topological polar surface area (TPSA) is 49.3 Å². The van der Waals surface area contributed by atoms with Gasteiger partial charge in [0.2, 0.25) is 0 Å². The second-order valence-electron chi connectivity index (χ2n) is 3.58. The van der Waals surface area contributed by atoms with Crippen LogP contribution >= 0.6 is 0 Å². The van der Waals surface area contributed by atoms with Crippen molar-refractivity contribution in [2.45, 2.75) is 31.3 Å². The Balaban J connectivity index is 2.05. The van der Waals surface area contributed by atoms with Crippen LogP contribution in [0, 0.1) is 5.92 Å². The SMILES string of the molecule is O=C(O)C1CC2CCC=CC2N1. The van der Waals surface area contributed by atoms with Crippen LogP contribution in [0.2, 0.25) is 0 Å². The maximum Gasteiger partial charge on any atom is 0.320 e. The van der Waals surface area contributed by atoms with Gasteiger partial charge in [0, 0.05) is 6.04 Å². The quantitative estimate of drug-likeness (QED) is 0.567. The number of fused-ring (bicyclic) bond motifs is 1. The van der Waals surface area contributed by atoms with Crippen LogP contribution in [0.4, 0.5) is 0 Å². The van der Waals surface area contributed by atoms with Crippen LogP contribution in [-0.2, 0) is 4.79 Å². The molecule has 2 aliphatic rings. The molecule has 1 aliphatic heterocycles. The zero-order chi connectivity index (χ0) is 8.55. The maximum atomic E-state index is 10.7. The summed E-state index contributed by atoms with van der Waals surface area (Å²) in [5, 5.41) is 11.9. The molecule has 66 valence electrons. The standard InChI is InChI=1S/C9H13NO2/c11-9(12)8-5-6-3-1-2-4-7(6)10-8/h2,4,6-8,10H,1,3,5H2,(H,11,12). The normalized spacial score (nSPS) is 39.5. The van der Waals surface area contributed by atoms with E-state index < -0.39 is 5.97 Å². The van der Waals surface area contributed by atoms with Gasteiger partial charge in [0.15, 0.2) is 0 Å². The van der Waals surface area contributed by atoms with Crippen molar-refractivity contribution in [1.82, 2.24) is 5.32 Å². The first-order valence-corrected chi connectivity index (χ1v) is 4.43. The number of aliphatic carboxylic acids is 1. The lowest BCUT2D eigenvalue weighted by Crippen LogP contribution is -2.35. The van der Waals surface area contributed by atoms with E-state index in [2.05, 4.69) is 17.5 Å². The zero-order valence-corrected chi connectivity index (χ0v) is 6.86. The lowest BCUT2D eigenvalue weighted by atomic mass is 9.90. The van der Waals surface area contributed by atoms with Gasteiger partial charge in [-0.25, -0.2) is 0 Å². The number of allylic oxidation sites excluding steroid dienone is 1. The number of carboxylic acids is 1. The molecule has 1 saturated heterocycles. The van der Waals surface area contributed by atoms with E-state index in [4.69, 9.17) is 5.11 Å². The third kappa shape index (κ3) is 1.25. The van der Waals surface area contributed by atoms with Crippen molar-refractivity contribution < 1.29 is 9.90 Å². The van der Waals surface area contributed by atoms with Gasteiger partial charge in [0.1, 0.15) is 6.04 Å². The lowest BCUT2D eigenvalue weighted by Gasteiger charge is -2.18. The molecule has 0 aromatic rings. The number of hydrogen-bond acceptors (Lipinski definition) is 2. The van der Waals surface area contributed by atoms with Crippen LogP contribution in [0.3, 0.4) is 0 Å². The molecule has 0 amide bonds. The van der Waals surface area contributed by atoms with E-state index in [9.17, 15) is 4.79 Å². The summed E-state index contributed by atoms with van der Waals surface area (Å²) in [5.41, 5.74) is 0. The predicted octanol–water partition coefficient (Wildman–Crippen LogP) is 0.768. The van der Waals surface area contributed by atoms with Crippen LogP contribution in [0.25, 0.3) is 0 Å². The Bertz CT molecular complexity index is 225. The van der Waals surface area contributed by atoms with Gasteiger partial charge in [-0.1, -0.05) is 12.2 Å². The van der Waals surface area contributed by atoms with E-state index in [-0.39, 0.29) is 6.04 Å². The Morgan fingerprint density at radius 1 is 1.58 bits per heavy atom. The zero-order valence-electron chi connectivity index (χ0n) is 6.86. The summed E-state index contributed by atoms with van der Waals surface area (Å²) in [5.74, 6) is -0.158. The molecule has 1 heterocycles. The van der Waals surface area contributed by atoms with E-state index in [0.717, 1.165) is 19.3 Å². The average molecular weight is 167 g/mol. The number of carboxylic acid groups (broad SMARTS) is 1. The minimum absolute atomic E-state index is 0.317. The van der Waals surface area contributed by atoms with Crippen LogP contribution in [-0.4, -0.2) is 23.2 Å². The highest BCUT2D eigenvalue weighted by atomic mass is 16.4. The first-order valence-electron chi connectivity index (χ1n) is 4.43. The largest absolute Gasteiger partial charge is 0.480 e. The third-order valence-electron chi connectivity index (χ3n) is 2.79. The molecule has 3 heteroatoms. The average Bonchev–Trinajstić information content (AvgIpc) is 2.46. The Morgan fingerprint density at radius 2 is 2.42 bits per heavy atom. The Morgan fingerprint density at radius 3 is 3.08 bits per heavy atom. The van der Waals surface area contributed by atoms with Crippen molar-refractivity contribution >= 4 is 5.97 Å². The van der Waals surface area contributed by atoms with Crippen molar-refractivity contribution in [1.29, 1.82) is 0 Å². The van der Waals surface area contributed by atoms with Crippen LogP contribution in [0.5, 0.6) is 0 Å². The Hall–Kier alpha value is -0.830. The van der Waals surface area contributed by atoms with Gasteiger partial charge in [0.25, 0.3) is 0 Å². The molecule has 0 bridgehead atoms. The molecule has 0 radical (unpaired) electrons. The highest BCUT2D eigenvalue weighted by Crippen LogP contribution is 2.29. The molecule has 3 unspecified atom stereocenters. The van der Waals surface area contributed by atoms with Crippen molar-refractivity contribution in [2.75, 3.05) is 0 Å². The highest BCUT2D eigenvalue weighted by molar-refractivity contribution is 5.74. The molecular weight excluding hydrogens is 154 g/mol. The molecule has 0 saturated carbocycles. The van der Waals surface area contributed by atoms with Gasteiger partial charge in [-0.05, 0) is 25.2 Å². The van der Waals surface area contributed by atoms with Gasteiger partial charge in [-0.2, -0.15) is 0 Å². The van der Waals surface area contributed by atoms with Gasteiger partial charge in [-0.15, -0.1) is 0 Å². The molecule has 1 fully saturated rings. The Kier molecular flexibility index (Phi) is 1.89. The molecule has 0 aromatic heterocycles. The molecule has 3 atom stereocenters. The molecular formula is C9H13NO2. The van der Waals surface area contributed by atoms with Crippen LogP contribution in [0.1, 0.15) is 19.3 Å². The summed E-state index contributed by atoms with van der Waals surface area (Å²) in [7, 11) is 0. The van der Waals surface area contributed by atoms with E-state index in [1.165, 1.54) is 0 Å². The number of carbonyl (C=O) groups is 1. The third-order valence-corrected chi connectivity index (χ3v) is 2.79. The smallest absolute Gasteiger partial charge is 0.320 e. The maximum absolute atomic E-state index is 10.7. The van der Waals surface area contributed by atoms with Crippen LogP contribution in [0.15, 0.2) is 12.2 Å². The fourth-order valence-electron chi connectivity index (χ4n) is 2.12. The van der Waals surface area contributed by atoms with Crippen molar-refractivity contribution in [3.63, 3.8) is 0 Å². The molecule has 12 heavy (non-hydrogen) atoms. The van der Waals surface area contributed by atoms with Crippen molar-refractivity contribution in [2.24, 2.45) is 5.92 Å². The summed E-state index contributed by atoms with van der Waals surface area (Å²) in [6.07, 6.45) is 7.28. The summed E-state index contributed by atoms with van der Waals surface area (Å²) in [4.78, 5) is 10.7. The number of rotatable bonds is 1. The summed E-state index contributed by atoms with van der Waals surface area (Å²) in [6, 6.07) is 0.00241. The van der Waals surface area contributed by atoms with E-state index in [0.29, 0.717) is 12.0 Å². The van der Waals surface area contributed by atoms with Gasteiger partial charge >= 0.3 is 5.97 Å². The van der Waals surface area contributed by atoms with Crippen LogP contribution < -0.4 is 5.32 Å². The van der Waals surface area contributed by atoms with Crippen molar-refractivity contribution in [3.8, 4) is 0 Å². The highest BCUT2D eigenvalue weighted by Gasteiger charge is 2.36. The number of hydrogen-bond donors (Lipinski definition) is 2. The summed E-state index contributed by atoms with van der Waals surface area (Å²) < 4.78 is 0. The van der Waals surface area contributed by atoms with E-state index >= 15 is 0 Å². The van der Waals surface area contributed by atoms with E-state index in [1.54, 1.807) is 0 Å². The molecule has 0 aromatic carbocycles. The summed E-state index contributed by atoms with van der Waals surface area (Å²) >= 11 is 0. The lowest BCUT2D eigenvalue weighted by molar-refractivity contribution is -0.139. The van der Waals surface area contributed by atoms with Crippen molar-refractivity contribution in [3.05, 3.63) is 12.2 Å². The van der Waals surface area contributed by atoms with Gasteiger partial charge in [-0.3, -0.25) is 10.1 Å². The molecule has 0 spiro atoms. The molecule has 2 rings (SSSR count). The summed E-state index contributed by atoms with van der Waals surface area (Å²) in [6.45, 7) is 0. The minimum atomic E-state index is -0.710. The fourth-order valence-corrected chi connectivity index (χ4v) is 2.12. The Labute approximate surface area is 71.5 Å². The minimum Gasteiger partial charge on any atom is -0.480 e. The molecule has 2 N–H and O–H groups in total. The molecule has 3 nitrogen and oxygen atoms in total. The second-order valence-corrected chi connectivity index (χ2v) is 3.58. The number of nitrogens with one attached hydrogen (secondary N) is 1.